The second kappa shape index (κ2) is 6.31. The van der Waals surface area contributed by atoms with Gasteiger partial charge in [0.05, 0.1) is 22.6 Å². The summed E-state index contributed by atoms with van der Waals surface area (Å²) in [5.74, 6) is -0.598. The maximum Gasteiger partial charge on any atom is 0.258 e. The number of amides is 2. The molecule has 25 heavy (non-hydrogen) atoms. The van der Waals surface area contributed by atoms with Gasteiger partial charge in [-0.1, -0.05) is 0 Å². The monoisotopic (exact) mass is 344 g/mol. The molecule has 1 aliphatic heterocycles. The Hall–Kier alpha value is -2.70. The average molecular weight is 344 g/mol. The van der Waals surface area contributed by atoms with Crippen LogP contribution >= 0.6 is 0 Å². The fourth-order valence-electron chi connectivity index (χ4n) is 3.27. The number of halogens is 1. The second-order valence-corrected chi connectivity index (χ2v) is 6.41. The van der Waals surface area contributed by atoms with Gasteiger partial charge in [-0.25, -0.2) is 9.07 Å². The Bertz CT molecular complexity index is 828. The largest absolute Gasteiger partial charge is 0.344 e. The topological polar surface area (TPSA) is 58.4 Å². The van der Waals surface area contributed by atoms with Crippen molar-refractivity contribution in [3.63, 3.8) is 0 Å². The number of carbonyl (C=O) groups excluding carboxylic acids is 2. The fraction of sp³-hybridized carbons (Fsp3) is 0.389. The van der Waals surface area contributed by atoms with Crippen LogP contribution in [0.3, 0.4) is 0 Å². The molecule has 7 heteroatoms. The smallest absolute Gasteiger partial charge is 0.258 e. The zero-order valence-electron chi connectivity index (χ0n) is 14.8. The highest BCUT2D eigenvalue weighted by molar-refractivity contribution is 5.99. The summed E-state index contributed by atoms with van der Waals surface area (Å²) < 4.78 is 14.8. The average Bonchev–Trinajstić information content (AvgIpc) is 3.07. The van der Waals surface area contributed by atoms with Gasteiger partial charge in [0, 0.05) is 20.6 Å². The van der Waals surface area contributed by atoms with Crippen LogP contribution in [-0.2, 0) is 4.79 Å². The van der Waals surface area contributed by atoms with Crippen LogP contribution in [0.2, 0.25) is 0 Å². The van der Waals surface area contributed by atoms with Crippen LogP contribution < -0.4 is 0 Å². The van der Waals surface area contributed by atoms with Crippen molar-refractivity contribution in [1.29, 1.82) is 0 Å². The molecule has 3 rings (SSSR count). The number of hydrogen-bond acceptors (Lipinski definition) is 3. The molecule has 0 spiro atoms. The van der Waals surface area contributed by atoms with Crippen LogP contribution in [-0.4, -0.2) is 58.1 Å². The summed E-state index contributed by atoms with van der Waals surface area (Å²) in [6, 6.07) is 5.49. The third kappa shape index (κ3) is 2.90. The number of benzene rings is 1. The molecule has 1 aromatic heterocycles. The maximum absolute atomic E-state index is 13.1. The Morgan fingerprint density at radius 3 is 2.48 bits per heavy atom. The van der Waals surface area contributed by atoms with Gasteiger partial charge >= 0.3 is 0 Å². The molecular weight excluding hydrogens is 323 g/mol. The predicted octanol–water partition coefficient (Wildman–Crippen LogP) is 1.93. The van der Waals surface area contributed by atoms with Crippen molar-refractivity contribution in [3.05, 3.63) is 47.0 Å². The van der Waals surface area contributed by atoms with Crippen molar-refractivity contribution >= 4 is 11.8 Å². The van der Waals surface area contributed by atoms with E-state index in [-0.39, 0.29) is 17.6 Å². The maximum atomic E-state index is 13.1. The van der Waals surface area contributed by atoms with E-state index < -0.39 is 6.04 Å². The quantitative estimate of drug-likeness (QED) is 0.855. The number of likely N-dealkylation sites (tertiary alicyclic amines) is 1. The third-order valence-electron chi connectivity index (χ3n) is 4.76. The van der Waals surface area contributed by atoms with E-state index in [0.29, 0.717) is 35.6 Å². The summed E-state index contributed by atoms with van der Waals surface area (Å²) in [4.78, 5) is 28.3. The van der Waals surface area contributed by atoms with Crippen molar-refractivity contribution in [3.8, 4) is 5.69 Å². The first-order valence-electron chi connectivity index (χ1n) is 8.15. The zero-order valence-corrected chi connectivity index (χ0v) is 14.8. The van der Waals surface area contributed by atoms with Crippen molar-refractivity contribution < 1.29 is 14.0 Å². The van der Waals surface area contributed by atoms with Gasteiger partial charge in [0.2, 0.25) is 5.91 Å². The van der Waals surface area contributed by atoms with Crippen LogP contribution in [0.5, 0.6) is 0 Å². The van der Waals surface area contributed by atoms with Crippen LogP contribution in [0.1, 0.15) is 28.2 Å². The highest BCUT2D eigenvalue weighted by Crippen LogP contribution is 2.22. The highest BCUT2D eigenvalue weighted by atomic mass is 19.1. The Labute approximate surface area is 145 Å². The molecule has 0 aliphatic carbocycles. The van der Waals surface area contributed by atoms with Gasteiger partial charge in [0.15, 0.2) is 0 Å². The first-order valence-corrected chi connectivity index (χ1v) is 8.15. The Morgan fingerprint density at radius 1 is 1.28 bits per heavy atom. The fourth-order valence-corrected chi connectivity index (χ4v) is 3.27. The number of rotatable bonds is 3. The second-order valence-electron chi connectivity index (χ2n) is 6.41. The molecule has 1 atom stereocenters. The lowest BCUT2D eigenvalue weighted by Gasteiger charge is -2.23. The molecule has 0 N–H and O–H groups in total. The van der Waals surface area contributed by atoms with E-state index in [9.17, 15) is 14.0 Å². The molecule has 2 heterocycles. The van der Waals surface area contributed by atoms with Crippen molar-refractivity contribution in [2.75, 3.05) is 20.6 Å². The number of hydrogen-bond donors (Lipinski definition) is 0. The molecule has 2 aromatic rings. The first-order chi connectivity index (χ1) is 11.8. The summed E-state index contributed by atoms with van der Waals surface area (Å²) in [5, 5.41) is 4.43. The number of aryl methyl sites for hydroxylation is 1. The Kier molecular flexibility index (Phi) is 4.32. The molecule has 0 bridgehead atoms. The lowest BCUT2D eigenvalue weighted by atomic mass is 10.1. The van der Waals surface area contributed by atoms with Gasteiger partial charge in [0.1, 0.15) is 11.9 Å². The molecule has 1 aliphatic rings. The van der Waals surface area contributed by atoms with E-state index in [1.807, 2.05) is 0 Å². The predicted molar refractivity (Wildman–Crippen MR) is 91.1 cm³/mol. The molecule has 6 nitrogen and oxygen atoms in total. The van der Waals surface area contributed by atoms with Crippen molar-refractivity contribution in [2.45, 2.75) is 26.3 Å². The Balaban J connectivity index is 1.93. The van der Waals surface area contributed by atoms with Crippen molar-refractivity contribution in [1.82, 2.24) is 19.6 Å². The summed E-state index contributed by atoms with van der Waals surface area (Å²) in [5.41, 5.74) is 2.41. The summed E-state index contributed by atoms with van der Waals surface area (Å²) in [6.45, 7) is 4.21. The standard InChI is InChI=1S/C18H21FN4O2/c1-11-16(18(25)22(4)15-9-10-21(3)17(15)24)12(2)23(20-11)14-7-5-13(19)6-8-14/h5-8,15H,9-10H2,1-4H3. The highest BCUT2D eigenvalue weighted by Gasteiger charge is 2.36. The zero-order chi connectivity index (χ0) is 18.3. The number of likely N-dealkylation sites (N-methyl/N-ethyl adjacent to an activating group) is 2. The molecule has 1 saturated heterocycles. The number of aromatic nitrogens is 2. The van der Waals surface area contributed by atoms with Crippen molar-refractivity contribution in [2.24, 2.45) is 0 Å². The Morgan fingerprint density at radius 2 is 1.92 bits per heavy atom. The SMILES string of the molecule is Cc1nn(-c2ccc(F)cc2)c(C)c1C(=O)N(C)C1CCN(C)C1=O. The van der Waals surface area contributed by atoms with Gasteiger partial charge in [-0.05, 0) is 44.5 Å². The van der Waals surface area contributed by atoms with Gasteiger partial charge in [-0.15, -0.1) is 0 Å². The molecule has 1 unspecified atom stereocenters. The van der Waals surface area contributed by atoms with Gasteiger partial charge in [0.25, 0.3) is 5.91 Å². The van der Waals surface area contributed by atoms with E-state index in [1.165, 1.54) is 17.0 Å². The molecule has 2 amide bonds. The van der Waals surface area contributed by atoms with Gasteiger partial charge < -0.3 is 9.80 Å². The lowest BCUT2D eigenvalue weighted by molar-refractivity contribution is -0.130. The van der Waals surface area contributed by atoms with Crippen LogP contribution in [0.4, 0.5) is 4.39 Å². The van der Waals surface area contributed by atoms with Crippen LogP contribution in [0.25, 0.3) is 5.69 Å². The number of carbonyl (C=O) groups is 2. The molecule has 132 valence electrons. The van der Waals surface area contributed by atoms with E-state index in [4.69, 9.17) is 0 Å². The van der Waals surface area contributed by atoms with E-state index in [1.54, 1.807) is 49.7 Å². The minimum absolute atomic E-state index is 0.0444. The van der Waals surface area contributed by atoms with Crippen LogP contribution in [0, 0.1) is 19.7 Å². The summed E-state index contributed by atoms with van der Waals surface area (Å²) >= 11 is 0. The van der Waals surface area contributed by atoms with E-state index in [2.05, 4.69) is 5.10 Å². The molecule has 0 saturated carbocycles. The van der Waals surface area contributed by atoms with Crippen LogP contribution in [0.15, 0.2) is 24.3 Å². The van der Waals surface area contributed by atoms with Gasteiger partial charge in [-0.2, -0.15) is 5.10 Å². The molecule has 1 fully saturated rings. The first kappa shape index (κ1) is 17.1. The molecule has 0 radical (unpaired) electrons. The summed E-state index contributed by atoms with van der Waals surface area (Å²) in [7, 11) is 3.39. The van der Waals surface area contributed by atoms with Gasteiger partial charge in [-0.3, -0.25) is 9.59 Å². The molecular formula is C18H21FN4O2. The molecule has 1 aromatic carbocycles. The lowest BCUT2D eigenvalue weighted by Crippen LogP contribution is -2.42. The van der Waals surface area contributed by atoms with E-state index in [0.717, 1.165) is 0 Å². The third-order valence-corrected chi connectivity index (χ3v) is 4.76. The summed E-state index contributed by atoms with van der Waals surface area (Å²) in [6.07, 6.45) is 0.627. The number of nitrogens with zero attached hydrogens (tertiary/aromatic N) is 4. The minimum Gasteiger partial charge on any atom is -0.344 e. The normalized spacial score (nSPS) is 17.2. The van der Waals surface area contributed by atoms with E-state index >= 15 is 0 Å². The minimum atomic E-state index is -0.439.